The molecule has 0 aromatic heterocycles. The molecule has 0 fully saturated rings. The Morgan fingerprint density at radius 1 is 1.19 bits per heavy atom. The number of allylic oxidation sites excluding steroid dienone is 2. The molecule has 0 saturated carbocycles. The third kappa shape index (κ3) is 6.02. The molecule has 1 heteroatoms. The SMILES string of the molecule is CCCCC/C=C(\C)SCc1ccccc1. The highest BCUT2D eigenvalue weighted by molar-refractivity contribution is 8.02. The van der Waals surface area contributed by atoms with E-state index in [-0.39, 0.29) is 0 Å². The van der Waals surface area contributed by atoms with Crippen LogP contribution in [0, 0.1) is 0 Å². The van der Waals surface area contributed by atoms with Crippen molar-refractivity contribution in [1.82, 2.24) is 0 Å². The van der Waals surface area contributed by atoms with E-state index in [1.54, 1.807) is 0 Å². The zero-order valence-corrected chi connectivity index (χ0v) is 11.2. The highest BCUT2D eigenvalue weighted by Gasteiger charge is 1.94. The average molecular weight is 234 g/mol. The van der Waals surface area contributed by atoms with E-state index in [4.69, 9.17) is 0 Å². The first kappa shape index (κ1) is 13.4. The van der Waals surface area contributed by atoms with Crippen molar-refractivity contribution in [3.05, 3.63) is 46.9 Å². The van der Waals surface area contributed by atoms with Gasteiger partial charge >= 0.3 is 0 Å². The average Bonchev–Trinajstić information content (AvgIpc) is 2.33. The quantitative estimate of drug-likeness (QED) is 0.569. The predicted octanol–water partition coefficient (Wildman–Crippen LogP) is 5.40. The molecule has 0 radical (unpaired) electrons. The summed E-state index contributed by atoms with van der Waals surface area (Å²) in [5, 5.41) is 0. The van der Waals surface area contributed by atoms with Crippen molar-refractivity contribution in [3.8, 4) is 0 Å². The van der Waals surface area contributed by atoms with Crippen LogP contribution in [0.4, 0.5) is 0 Å². The second kappa shape index (κ2) is 8.46. The lowest BCUT2D eigenvalue weighted by atomic mass is 10.2. The molecule has 0 aliphatic carbocycles. The van der Waals surface area contributed by atoms with Crippen LogP contribution >= 0.6 is 11.8 Å². The van der Waals surface area contributed by atoms with E-state index in [1.165, 1.54) is 36.2 Å². The Morgan fingerprint density at radius 2 is 1.94 bits per heavy atom. The van der Waals surface area contributed by atoms with E-state index in [0.29, 0.717) is 0 Å². The van der Waals surface area contributed by atoms with E-state index in [2.05, 4.69) is 50.3 Å². The second-order valence-electron chi connectivity index (χ2n) is 4.08. The molecule has 0 unspecified atom stereocenters. The molecular weight excluding hydrogens is 212 g/mol. The molecule has 0 amide bonds. The first-order chi connectivity index (χ1) is 7.83. The Kier molecular flexibility index (Phi) is 7.07. The van der Waals surface area contributed by atoms with Crippen LogP contribution in [-0.4, -0.2) is 0 Å². The summed E-state index contributed by atoms with van der Waals surface area (Å²) in [6.07, 6.45) is 7.61. The van der Waals surface area contributed by atoms with Gasteiger partial charge in [0.15, 0.2) is 0 Å². The third-order valence-electron chi connectivity index (χ3n) is 2.55. The van der Waals surface area contributed by atoms with Crippen molar-refractivity contribution < 1.29 is 0 Å². The van der Waals surface area contributed by atoms with Gasteiger partial charge in [0, 0.05) is 5.75 Å². The van der Waals surface area contributed by atoms with E-state index >= 15 is 0 Å². The van der Waals surface area contributed by atoms with Crippen molar-refractivity contribution in [3.63, 3.8) is 0 Å². The van der Waals surface area contributed by atoms with Crippen LogP contribution in [0.15, 0.2) is 41.3 Å². The van der Waals surface area contributed by atoms with Gasteiger partial charge in [-0.05, 0) is 30.2 Å². The zero-order valence-electron chi connectivity index (χ0n) is 10.4. The minimum atomic E-state index is 1.09. The number of thioether (sulfide) groups is 1. The van der Waals surface area contributed by atoms with Crippen molar-refractivity contribution >= 4 is 11.8 Å². The van der Waals surface area contributed by atoms with E-state index in [1.807, 2.05) is 11.8 Å². The Morgan fingerprint density at radius 3 is 2.62 bits per heavy atom. The Hall–Kier alpha value is -0.690. The molecule has 0 aliphatic rings. The molecule has 0 nitrogen and oxygen atoms in total. The lowest BCUT2D eigenvalue weighted by Crippen LogP contribution is -1.79. The van der Waals surface area contributed by atoms with Crippen molar-refractivity contribution in [2.75, 3.05) is 0 Å². The largest absolute Gasteiger partial charge is 0.126 e. The first-order valence-corrected chi connectivity index (χ1v) is 7.15. The molecule has 16 heavy (non-hydrogen) atoms. The topological polar surface area (TPSA) is 0 Å². The molecule has 1 aromatic rings. The molecule has 0 bridgehead atoms. The molecule has 0 spiro atoms. The molecule has 0 heterocycles. The zero-order chi connectivity index (χ0) is 11.6. The fourth-order valence-electron chi connectivity index (χ4n) is 1.53. The van der Waals surface area contributed by atoms with Crippen LogP contribution < -0.4 is 0 Å². The van der Waals surface area contributed by atoms with Gasteiger partial charge in [0.1, 0.15) is 0 Å². The Bertz CT molecular complexity index is 300. The van der Waals surface area contributed by atoms with Crippen LogP contribution in [0.1, 0.15) is 45.1 Å². The highest BCUT2D eigenvalue weighted by Crippen LogP contribution is 2.21. The van der Waals surface area contributed by atoms with Crippen LogP contribution in [0.3, 0.4) is 0 Å². The van der Waals surface area contributed by atoms with Gasteiger partial charge in [0.25, 0.3) is 0 Å². The number of hydrogen-bond acceptors (Lipinski definition) is 1. The standard InChI is InChI=1S/C15H22S/c1-3-4-5-7-10-14(2)16-13-15-11-8-6-9-12-15/h6,8-12H,3-5,7,13H2,1-2H3/b14-10+. The molecule has 1 aromatic carbocycles. The molecule has 0 saturated heterocycles. The van der Waals surface area contributed by atoms with Gasteiger partial charge in [0.2, 0.25) is 0 Å². The maximum atomic E-state index is 2.38. The smallest absolute Gasteiger partial charge is 0.0228 e. The fourth-order valence-corrected chi connectivity index (χ4v) is 2.35. The van der Waals surface area contributed by atoms with Crippen LogP contribution in [0.5, 0.6) is 0 Å². The van der Waals surface area contributed by atoms with Gasteiger partial charge in [-0.15, -0.1) is 11.8 Å². The van der Waals surface area contributed by atoms with Gasteiger partial charge < -0.3 is 0 Å². The van der Waals surface area contributed by atoms with Crippen molar-refractivity contribution in [2.45, 2.75) is 45.3 Å². The fraction of sp³-hybridized carbons (Fsp3) is 0.467. The molecule has 0 atom stereocenters. The first-order valence-electron chi connectivity index (χ1n) is 6.16. The van der Waals surface area contributed by atoms with Crippen molar-refractivity contribution in [2.24, 2.45) is 0 Å². The minimum absolute atomic E-state index is 1.09. The summed E-state index contributed by atoms with van der Waals surface area (Å²) >= 11 is 1.95. The van der Waals surface area contributed by atoms with Gasteiger partial charge in [-0.3, -0.25) is 0 Å². The van der Waals surface area contributed by atoms with Gasteiger partial charge in [-0.2, -0.15) is 0 Å². The molecule has 0 aliphatic heterocycles. The summed E-state index contributed by atoms with van der Waals surface area (Å²) < 4.78 is 0. The van der Waals surface area contributed by atoms with Gasteiger partial charge in [0.05, 0.1) is 0 Å². The highest BCUT2D eigenvalue weighted by atomic mass is 32.2. The predicted molar refractivity (Wildman–Crippen MR) is 75.6 cm³/mol. The Balaban J connectivity index is 2.21. The van der Waals surface area contributed by atoms with Gasteiger partial charge in [-0.25, -0.2) is 0 Å². The lowest BCUT2D eigenvalue weighted by molar-refractivity contribution is 0.728. The number of hydrogen-bond donors (Lipinski definition) is 0. The summed E-state index contributed by atoms with van der Waals surface area (Å²) in [7, 11) is 0. The molecule has 0 N–H and O–H groups in total. The van der Waals surface area contributed by atoms with E-state index in [9.17, 15) is 0 Å². The normalized spacial score (nSPS) is 11.8. The van der Waals surface area contributed by atoms with Crippen LogP contribution in [-0.2, 0) is 5.75 Å². The molecule has 88 valence electrons. The Labute approximate surface area is 104 Å². The second-order valence-corrected chi connectivity index (χ2v) is 5.31. The lowest BCUT2D eigenvalue weighted by Gasteiger charge is -2.02. The number of unbranched alkanes of at least 4 members (excludes halogenated alkanes) is 3. The van der Waals surface area contributed by atoms with Gasteiger partial charge in [-0.1, -0.05) is 56.2 Å². The molecular formula is C15H22S. The van der Waals surface area contributed by atoms with Crippen LogP contribution in [0.25, 0.3) is 0 Å². The molecule has 1 rings (SSSR count). The van der Waals surface area contributed by atoms with Crippen LogP contribution in [0.2, 0.25) is 0 Å². The monoisotopic (exact) mass is 234 g/mol. The summed E-state index contributed by atoms with van der Waals surface area (Å²) in [6.45, 7) is 4.47. The summed E-state index contributed by atoms with van der Waals surface area (Å²) in [5.74, 6) is 1.09. The van der Waals surface area contributed by atoms with E-state index in [0.717, 1.165) is 5.75 Å². The number of rotatable bonds is 7. The number of benzene rings is 1. The summed E-state index contributed by atoms with van der Waals surface area (Å²) in [4.78, 5) is 1.46. The van der Waals surface area contributed by atoms with E-state index < -0.39 is 0 Å². The minimum Gasteiger partial charge on any atom is -0.126 e. The maximum absolute atomic E-state index is 2.38. The maximum Gasteiger partial charge on any atom is 0.0228 e. The summed E-state index contributed by atoms with van der Waals surface area (Å²) in [6, 6.07) is 10.7. The third-order valence-corrected chi connectivity index (χ3v) is 3.65. The summed E-state index contributed by atoms with van der Waals surface area (Å²) in [5.41, 5.74) is 1.41. The van der Waals surface area contributed by atoms with Crippen molar-refractivity contribution in [1.29, 1.82) is 0 Å².